The van der Waals surface area contributed by atoms with Gasteiger partial charge in [0.15, 0.2) is 0 Å². The van der Waals surface area contributed by atoms with Crippen molar-refractivity contribution in [2.45, 2.75) is 38.6 Å². The summed E-state index contributed by atoms with van der Waals surface area (Å²) < 4.78 is 0. The molecule has 2 rings (SSSR count). The van der Waals surface area contributed by atoms with Crippen LogP contribution in [0, 0.1) is 0 Å². The number of nitrogens with two attached hydrogens (primary N) is 1. The number of hydrogen-bond donors (Lipinski definition) is 1. The molecule has 2 aromatic rings. The number of amides is 1. The Balaban J connectivity index is 0.00000312. The lowest BCUT2D eigenvalue weighted by Crippen LogP contribution is -2.26. The van der Waals surface area contributed by atoms with Crippen molar-refractivity contribution in [3.63, 3.8) is 0 Å². The molecule has 0 saturated heterocycles. The largest absolute Gasteiger partial charge is 0.341 e. The molecule has 0 heterocycles. The quantitative estimate of drug-likeness (QED) is 0.662. The first kappa shape index (κ1) is 21.2. The fourth-order valence-electron chi connectivity index (χ4n) is 2.87. The van der Waals surface area contributed by atoms with E-state index in [1.165, 1.54) is 16.7 Å². The fraction of sp³-hybridized carbons (Fsp3) is 0.381. The molecule has 0 atom stereocenters. The van der Waals surface area contributed by atoms with Gasteiger partial charge in [-0.15, -0.1) is 12.4 Å². The van der Waals surface area contributed by atoms with Gasteiger partial charge in [0.05, 0.1) is 0 Å². The predicted octanol–water partition coefficient (Wildman–Crippen LogP) is 4.64. The molecule has 0 aliphatic rings. The molecule has 0 unspecified atom stereocenters. The van der Waals surface area contributed by atoms with Gasteiger partial charge in [-0.25, -0.2) is 0 Å². The SMILES string of the molecule is CN(Cc1ccccc1-c1ccccc1)C(=O)CCCCCCN.Cl. The van der Waals surface area contributed by atoms with Crippen LogP contribution < -0.4 is 5.73 Å². The second kappa shape index (κ2) is 11.7. The van der Waals surface area contributed by atoms with E-state index >= 15 is 0 Å². The predicted molar refractivity (Wildman–Crippen MR) is 108 cm³/mol. The summed E-state index contributed by atoms with van der Waals surface area (Å²) in [6.45, 7) is 1.39. The number of benzene rings is 2. The minimum atomic E-state index is 0. The van der Waals surface area contributed by atoms with Gasteiger partial charge < -0.3 is 10.6 Å². The van der Waals surface area contributed by atoms with Crippen molar-refractivity contribution < 1.29 is 4.79 Å². The van der Waals surface area contributed by atoms with Crippen LogP contribution in [-0.4, -0.2) is 24.4 Å². The lowest BCUT2D eigenvalue weighted by molar-refractivity contribution is -0.130. The Morgan fingerprint density at radius 3 is 2.28 bits per heavy atom. The Morgan fingerprint density at radius 2 is 1.56 bits per heavy atom. The number of halogens is 1. The summed E-state index contributed by atoms with van der Waals surface area (Å²) in [6.07, 6.45) is 4.81. The van der Waals surface area contributed by atoms with Gasteiger partial charge in [-0.05, 0) is 36.1 Å². The minimum Gasteiger partial charge on any atom is -0.341 e. The van der Waals surface area contributed by atoms with E-state index in [0.717, 1.165) is 32.2 Å². The highest BCUT2D eigenvalue weighted by atomic mass is 35.5. The van der Waals surface area contributed by atoms with Gasteiger partial charge in [0.1, 0.15) is 0 Å². The maximum Gasteiger partial charge on any atom is 0.222 e. The normalized spacial score (nSPS) is 10.2. The Bertz CT molecular complexity index is 631. The van der Waals surface area contributed by atoms with Gasteiger partial charge in [0, 0.05) is 20.0 Å². The van der Waals surface area contributed by atoms with Crippen molar-refractivity contribution in [1.29, 1.82) is 0 Å². The molecule has 2 N–H and O–H groups in total. The van der Waals surface area contributed by atoms with Gasteiger partial charge in [-0.3, -0.25) is 4.79 Å². The van der Waals surface area contributed by atoms with Gasteiger partial charge >= 0.3 is 0 Å². The first-order chi connectivity index (χ1) is 11.7. The third kappa shape index (κ3) is 6.89. The second-order valence-electron chi connectivity index (χ2n) is 6.23. The molecule has 0 fully saturated rings. The summed E-state index contributed by atoms with van der Waals surface area (Å²) >= 11 is 0. The van der Waals surface area contributed by atoms with Crippen molar-refractivity contribution in [3.8, 4) is 11.1 Å². The summed E-state index contributed by atoms with van der Waals surface area (Å²) in [5, 5.41) is 0. The highest BCUT2D eigenvalue weighted by Gasteiger charge is 2.11. The number of unbranched alkanes of at least 4 members (excludes halogenated alkanes) is 3. The molecule has 0 aromatic heterocycles. The topological polar surface area (TPSA) is 46.3 Å². The number of rotatable bonds is 9. The molecule has 0 radical (unpaired) electrons. The summed E-state index contributed by atoms with van der Waals surface area (Å²) in [6, 6.07) is 18.6. The van der Waals surface area contributed by atoms with E-state index in [4.69, 9.17) is 5.73 Å². The van der Waals surface area contributed by atoms with Gasteiger partial charge in [0.2, 0.25) is 5.91 Å². The fourth-order valence-corrected chi connectivity index (χ4v) is 2.87. The third-order valence-corrected chi connectivity index (χ3v) is 4.28. The smallest absolute Gasteiger partial charge is 0.222 e. The molecular formula is C21H29ClN2O. The van der Waals surface area contributed by atoms with Crippen molar-refractivity contribution in [2.75, 3.05) is 13.6 Å². The van der Waals surface area contributed by atoms with Gasteiger partial charge in [0.25, 0.3) is 0 Å². The van der Waals surface area contributed by atoms with Crippen LogP contribution in [0.15, 0.2) is 54.6 Å². The van der Waals surface area contributed by atoms with E-state index < -0.39 is 0 Å². The minimum absolute atomic E-state index is 0. The monoisotopic (exact) mass is 360 g/mol. The van der Waals surface area contributed by atoms with Crippen LogP contribution in [-0.2, 0) is 11.3 Å². The van der Waals surface area contributed by atoms with Crippen LogP contribution in [0.1, 0.15) is 37.7 Å². The Morgan fingerprint density at radius 1 is 0.920 bits per heavy atom. The zero-order valence-corrected chi connectivity index (χ0v) is 15.8. The van der Waals surface area contributed by atoms with Crippen LogP contribution in [0.5, 0.6) is 0 Å². The van der Waals surface area contributed by atoms with E-state index in [0.29, 0.717) is 13.0 Å². The molecule has 3 nitrogen and oxygen atoms in total. The standard InChI is InChI=1S/C21H28N2O.ClH/c1-23(21(24)15-7-2-3-10-16-22)17-19-13-8-9-14-20(19)18-11-5-4-6-12-18;/h4-6,8-9,11-14H,2-3,7,10,15-17,22H2,1H3;1H. The van der Waals surface area contributed by atoms with Crippen molar-refractivity contribution in [3.05, 3.63) is 60.2 Å². The average molecular weight is 361 g/mol. The molecular weight excluding hydrogens is 332 g/mol. The van der Waals surface area contributed by atoms with E-state index in [2.05, 4.69) is 24.3 Å². The number of carbonyl (C=O) groups is 1. The Labute approximate surface area is 157 Å². The molecule has 0 aliphatic carbocycles. The maximum atomic E-state index is 12.3. The lowest BCUT2D eigenvalue weighted by Gasteiger charge is -2.19. The number of nitrogens with zero attached hydrogens (tertiary/aromatic N) is 1. The van der Waals surface area contributed by atoms with E-state index in [-0.39, 0.29) is 18.3 Å². The van der Waals surface area contributed by atoms with Crippen molar-refractivity contribution in [2.24, 2.45) is 5.73 Å². The van der Waals surface area contributed by atoms with Crippen LogP contribution in [0.25, 0.3) is 11.1 Å². The zero-order chi connectivity index (χ0) is 17.2. The second-order valence-corrected chi connectivity index (χ2v) is 6.23. The Hall–Kier alpha value is -1.84. The summed E-state index contributed by atoms with van der Waals surface area (Å²) in [5.74, 6) is 0.214. The van der Waals surface area contributed by atoms with Crippen LogP contribution in [0.2, 0.25) is 0 Å². The molecule has 2 aromatic carbocycles. The van der Waals surface area contributed by atoms with E-state index in [1.54, 1.807) is 0 Å². The van der Waals surface area contributed by atoms with Crippen molar-refractivity contribution in [1.82, 2.24) is 4.90 Å². The first-order valence-corrected chi connectivity index (χ1v) is 8.79. The van der Waals surface area contributed by atoms with Gasteiger partial charge in [-0.1, -0.05) is 67.4 Å². The molecule has 1 amide bonds. The van der Waals surface area contributed by atoms with Crippen molar-refractivity contribution >= 4 is 18.3 Å². The van der Waals surface area contributed by atoms with Crippen LogP contribution in [0.4, 0.5) is 0 Å². The highest BCUT2D eigenvalue weighted by Crippen LogP contribution is 2.24. The summed E-state index contributed by atoms with van der Waals surface area (Å²) in [4.78, 5) is 14.2. The summed E-state index contributed by atoms with van der Waals surface area (Å²) in [5.41, 5.74) is 9.06. The molecule has 25 heavy (non-hydrogen) atoms. The van der Waals surface area contributed by atoms with Crippen LogP contribution in [0.3, 0.4) is 0 Å². The maximum absolute atomic E-state index is 12.3. The average Bonchev–Trinajstić information content (AvgIpc) is 2.62. The molecule has 136 valence electrons. The van der Waals surface area contributed by atoms with Crippen LogP contribution >= 0.6 is 12.4 Å². The van der Waals surface area contributed by atoms with E-state index in [9.17, 15) is 4.79 Å². The van der Waals surface area contributed by atoms with Gasteiger partial charge in [-0.2, -0.15) is 0 Å². The molecule has 0 bridgehead atoms. The highest BCUT2D eigenvalue weighted by molar-refractivity contribution is 5.85. The van der Waals surface area contributed by atoms with E-state index in [1.807, 2.05) is 42.3 Å². The molecule has 0 aliphatic heterocycles. The number of hydrogen-bond acceptors (Lipinski definition) is 2. The molecule has 4 heteroatoms. The number of carbonyl (C=O) groups excluding carboxylic acids is 1. The molecule has 0 saturated carbocycles. The molecule has 0 spiro atoms. The zero-order valence-electron chi connectivity index (χ0n) is 15.0. The third-order valence-electron chi connectivity index (χ3n) is 4.28. The Kier molecular flexibility index (Phi) is 9.90. The lowest BCUT2D eigenvalue weighted by atomic mass is 9.99. The summed E-state index contributed by atoms with van der Waals surface area (Å²) in [7, 11) is 1.89. The first-order valence-electron chi connectivity index (χ1n) is 8.79.